The Morgan fingerprint density at radius 3 is 2.34 bits per heavy atom. The first-order chi connectivity index (χ1) is 13.9. The highest BCUT2D eigenvalue weighted by atomic mass is 16.2. The van der Waals surface area contributed by atoms with Gasteiger partial charge in [-0.05, 0) is 62.3 Å². The molecule has 1 aliphatic heterocycles. The number of hydrogen-bond acceptors (Lipinski definition) is 4. The first-order valence-corrected chi connectivity index (χ1v) is 9.98. The van der Waals surface area contributed by atoms with Crippen LogP contribution in [0.3, 0.4) is 0 Å². The van der Waals surface area contributed by atoms with Crippen molar-refractivity contribution < 1.29 is 14.4 Å². The molecule has 2 aromatic carbocycles. The van der Waals surface area contributed by atoms with Gasteiger partial charge >= 0.3 is 0 Å². The van der Waals surface area contributed by atoms with Crippen LogP contribution in [0.5, 0.6) is 0 Å². The largest absolute Gasteiger partial charge is 0.351 e. The Morgan fingerprint density at radius 1 is 0.966 bits per heavy atom. The summed E-state index contributed by atoms with van der Waals surface area (Å²) in [6.45, 7) is 11.1. The summed E-state index contributed by atoms with van der Waals surface area (Å²) in [5, 5.41) is 2.88. The lowest BCUT2D eigenvalue weighted by atomic mass is 10.1. The number of amides is 3. The number of anilines is 1. The molecule has 0 aromatic heterocycles. The lowest BCUT2D eigenvalue weighted by Gasteiger charge is -2.18. The van der Waals surface area contributed by atoms with Crippen LogP contribution in [0, 0.1) is 13.8 Å². The molecule has 152 valence electrons. The summed E-state index contributed by atoms with van der Waals surface area (Å²) in [6, 6.07) is 10.4. The van der Waals surface area contributed by atoms with Gasteiger partial charge in [-0.1, -0.05) is 26.0 Å². The highest BCUT2D eigenvalue weighted by Gasteiger charge is 2.37. The standard InChI is InChI=1S/C23H27N3O3/c1-5-25(6-2)12-11-24-21(27)17-9-10-18-19(14-17)23(29)26(22(18)28)20-13-15(3)7-8-16(20)4/h7-10,13-14H,5-6,11-12H2,1-4H3,(H,24,27). The topological polar surface area (TPSA) is 69.7 Å². The molecule has 0 saturated heterocycles. The Morgan fingerprint density at radius 2 is 1.66 bits per heavy atom. The van der Waals surface area contributed by atoms with Crippen LogP contribution < -0.4 is 10.2 Å². The van der Waals surface area contributed by atoms with Crippen molar-refractivity contribution in [3.05, 3.63) is 64.2 Å². The van der Waals surface area contributed by atoms with Crippen LogP contribution in [-0.2, 0) is 0 Å². The van der Waals surface area contributed by atoms with Crippen molar-refractivity contribution >= 4 is 23.4 Å². The van der Waals surface area contributed by atoms with E-state index in [-0.39, 0.29) is 17.4 Å². The maximum atomic E-state index is 13.0. The van der Waals surface area contributed by atoms with Gasteiger partial charge in [-0.15, -0.1) is 0 Å². The molecule has 29 heavy (non-hydrogen) atoms. The zero-order valence-electron chi connectivity index (χ0n) is 17.4. The van der Waals surface area contributed by atoms with Crippen molar-refractivity contribution in [2.24, 2.45) is 0 Å². The number of fused-ring (bicyclic) bond motifs is 1. The minimum Gasteiger partial charge on any atom is -0.351 e. The highest BCUT2D eigenvalue weighted by Crippen LogP contribution is 2.31. The van der Waals surface area contributed by atoms with Crippen molar-refractivity contribution in [1.82, 2.24) is 10.2 Å². The maximum Gasteiger partial charge on any atom is 0.266 e. The molecule has 6 nitrogen and oxygen atoms in total. The molecule has 3 amide bonds. The quantitative estimate of drug-likeness (QED) is 0.734. The molecule has 0 spiro atoms. The summed E-state index contributed by atoms with van der Waals surface area (Å²) >= 11 is 0. The highest BCUT2D eigenvalue weighted by molar-refractivity contribution is 6.35. The lowest BCUT2D eigenvalue weighted by molar-refractivity contribution is 0.0923. The number of likely N-dealkylation sites (N-methyl/N-ethyl adjacent to an activating group) is 1. The van der Waals surface area contributed by atoms with E-state index in [2.05, 4.69) is 24.1 Å². The molecular formula is C23H27N3O3. The van der Waals surface area contributed by atoms with Crippen molar-refractivity contribution in [3.8, 4) is 0 Å². The SMILES string of the molecule is CCN(CC)CCNC(=O)c1ccc2c(c1)C(=O)N(c1cc(C)ccc1C)C2=O. The number of imide groups is 1. The molecule has 2 aromatic rings. The van der Waals surface area contributed by atoms with E-state index in [0.29, 0.717) is 23.4 Å². The summed E-state index contributed by atoms with van der Waals surface area (Å²) < 4.78 is 0. The monoisotopic (exact) mass is 393 g/mol. The Kier molecular flexibility index (Phi) is 6.13. The fraction of sp³-hybridized carbons (Fsp3) is 0.348. The van der Waals surface area contributed by atoms with Crippen molar-refractivity contribution in [3.63, 3.8) is 0 Å². The number of aryl methyl sites for hydroxylation is 2. The van der Waals surface area contributed by atoms with E-state index in [9.17, 15) is 14.4 Å². The van der Waals surface area contributed by atoms with Crippen molar-refractivity contribution in [2.75, 3.05) is 31.1 Å². The molecule has 3 rings (SSSR count). The molecule has 0 unspecified atom stereocenters. The van der Waals surface area contributed by atoms with Crippen molar-refractivity contribution in [2.45, 2.75) is 27.7 Å². The average Bonchev–Trinajstić information content (AvgIpc) is 2.97. The van der Waals surface area contributed by atoms with Gasteiger partial charge in [-0.2, -0.15) is 0 Å². The van der Waals surface area contributed by atoms with Crippen LogP contribution >= 0.6 is 0 Å². The first-order valence-electron chi connectivity index (χ1n) is 9.98. The van der Waals surface area contributed by atoms with Gasteiger partial charge in [0.25, 0.3) is 17.7 Å². The predicted molar refractivity (Wildman–Crippen MR) is 114 cm³/mol. The van der Waals surface area contributed by atoms with E-state index in [1.807, 2.05) is 32.0 Å². The molecule has 0 atom stereocenters. The van der Waals surface area contributed by atoms with Crippen molar-refractivity contribution in [1.29, 1.82) is 0 Å². The van der Waals surface area contributed by atoms with Crippen LogP contribution in [0.4, 0.5) is 5.69 Å². The number of nitrogens with zero attached hydrogens (tertiary/aromatic N) is 2. The number of carbonyl (C=O) groups excluding carboxylic acids is 3. The molecule has 1 heterocycles. The second kappa shape index (κ2) is 8.57. The average molecular weight is 393 g/mol. The lowest BCUT2D eigenvalue weighted by Crippen LogP contribution is -2.34. The summed E-state index contributed by atoms with van der Waals surface area (Å²) in [5.74, 6) is -0.992. The van der Waals surface area contributed by atoms with E-state index in [1.165, 1.54) is 11.0 Å². The third kappa shape index (κ3) is 4.07. The van der Waals surface area contributed by atoms with Gasteiger partial charge < -0.3 is 10.2 Å². The molecule has 0 aliphatic carbocycles. The molecule has 0 fully saturated rings. The van der Waals surface area contributed by atoms with E-state index in [4.69, 9.17) is 0 Å². The summed E-state index contributed by atoms with van der Waals surface area (Å²) in [4.78, 5) is 41.8. The Balaban J connectivity index is 1.80. The van der Waals surface area contributed by atoms with E-state index < -0.39 is 5.91 Å². The Bertz CT molecular complexity index is 964. The van der Waals surface area contributed by atoms with Crippen LogP contribution in [0.2, 0.25) is 0 Å². The second-order valence-electron chi connectivity index (χ2n) is 7.28. The fourth-order valence-corrected chi connectivity index (χ4v) is 3.53. The minimum absolute atomic E-state index is 0.245. The van der Waals surface area contributed by atoms with Gasteiger partial charge in [-0.3, -0.25) is 14.4 Å². The van der Waals surface area contributed by atoms with Crippen LogP contribution in [-0.4, -0.2) is 48.8 Å². The fourth-order valence-electron chi connectivity index (χ4n) is 3.53. The first kappa shape index (κ1) is 20.7. The summed E-state index contributed by atoms with van der Waals surface area (Å²) in [6.07, 6.45) is 0. The zero-order valence-corrected chi connectivity index (χ0v) is 17.4. The second-order valence-corrected chi connectivity index (χ2v) is 7.28. The van der Waals surface area contributed by atoms with Crippen LogP contribution in [0.15, 0.2) is 36.4 Å². The van der Waals surface area contributed by atoms with Crippen LogP contribution in [0.1, 0.15) is 56.0 Å². The summed E-state index contributed by atoms with van der Waals surface area (Å²) in [5.41, 5.74) is 3.38. The van der Waals surface area contributed by atoms with E-state index >= 15 is 0 Å². The van der Waals surface area contributed by atoms with Gasteiger partial charge in [0, 0.05) is 18.7 Å². The Hall–Kier alpha value is -2.99. The Labute approximate surface area is 171 Å². The van der Waals surface area contributed by atoms with E-state index in [1.54, 1.807) is 12.1 Å². The molecule has 1 N–H and O–H groups in total. The maximum absolute atomic E-state index is 13.0. The number of hydrogen-bond donors (Lipinski definition) is 1. The molecular weight excluding hydrogens is 366 g/mol. The molecule has 6 heteroatoms. The minimum atomic E-state index is -0.392. The van der Waals surface area contributed by atoms with Gasteiger partial charge in [0.1, 0.15) is 0 Å². The zero-order chi connectivity index (χ0) is 21.1. The van der Waals surface area contributed by atoms with Crippen LogP contribution in [0.25, 0.3) is 0 Å². The van der Waals surface area contributed by atoms with Gasteiger partial charge in [0.05, 0.1) is 16.8 Å². The van der Waals surface area contributed by atoms with Gasteiger partial charge in [0.15, 0.2) is 0 Å². The van der Waals surface area contributed by atoms with E-state index in [0.717, 1.165) is 30.8 Å². The molecule has 0 saturated carbocycles. The third-order valence-corrected chi connectivity index (χ3v) is 5.36. The number of rotatable bonds is 7. The third-order valence-electron chi connectivity index (χ3n) is 5.36. The molecule has 1 aliphatic rings. The number of nitrogens with one attached hydrogen (secondary N) is 1. The number of carbonyl (C=O) groups is 3. The molecule has 0 radical (unpaired) electrons. The smallest absolute Gasteiger partial charge is 0.266 e. The van der Waals surface area contributed by atoms with Gasteiger partial charge in [-0.25, -0.2) is 4.90 Å². The predicted octanol–water partition coefficient (Wildman–Crippen LogP) is 3.18. The van der Waals surface area contributed by atoms with Gasteiger partial charge in [0.2, 0.25) is 0 Å². The number of benzene rings is 2. The summed E-state index contributed by atoms with van der Waals surface area (Å²) in [7, 11) is 0. The normalized spacial score (nSPS) is 13.2. The molecule has 0 bridgehead atoms.